The lowest BCUT2D eigenvalue weighted by molar-refractivity contribution is -0.384. The van der Waals surface area contributed by atoms with Gasteiger partial charge in [-0.3, -0.25) is 14.9 Å². The first kappa shape index (κ1) is 19.7. The smallest absolute Gasteiger partial charge is 0.271 e. The van der Waals surface area contributed by atoms with Crippen molar-refractivity contribution in [1.82, 2.24) is 9.97 Å². The van der Waals surface area contributed by atoms with Gasteiger partial charge >= 0.3 is 0 Å². The molecular weight excluding hydrogens is 374 g/mol. The van der Waals surface area contributed by atoms with Crippen LogP contribution in [0.15, 0.2) is 48.5 Å². The minimum absolute atomic E-state index is 0.150. The molecule has 3 rings (SSSR count). The molecule has 148 valence electrons. The molecule has 0 aliphatic rings. The molecule has 1 heterocycles. The first-order valence-electron chi connectivity index (χ1n) is 8.69. The fourth-order valence-corrected chi connectivity index (χ4v) is 2.75. The van der Waals surface area contributed by atoms with Crippen LogP contribution in [0.3, 0.4) is 0 Å². The summed E-state index contributed by atoms with van der Waals surface area (Å²) in [6, 6.07) is 12.6. The number of aryl methyl sites for hydroxylation is 2. The Morgan fingerprint density at radius 2 is 1.79 bits per heavy atom. The number of hydrogen-bond acceptors (Lipinski definition) is 7. The summed E-state index contributed by atoms with van der Waals surface area (Å²) < 4.78 is 5.18. The Bertz CT molecular complexity index is 1060. The lowest BCUT2D eigenvalue weighted by Crippen LogP contribution is -2.13. The van der Waals surface area contributed by atoms with Crippen molar-refractivity contribution in [2.45, 2.75) is 13.8 Å². The van der Waals surface area contributed by atoms with Gasteiger partial charge in [-0.25, -0.2) is 9.97 Å². The maximum absolute atomic E-state index is 12.7. The van der Waals surface area contributed by atoms with E-state index < -0.39 is 10.8 Å². The van der Waals surface area contributed by atoms with Gasteiger partial charge < -0.3 is 15.4 Å². The first-order chi connectivity index (χ1) is 13.9. The van der Waals surface area contributed by atoms with Gasteiger partial charge in [0.25, 0.3) is 11.6 Å². The molecule has 2 N–H and O–H groups in total. The maximum atomic E-state index is 12.7. The van der Waals surface area contributed by atoms with Crippen molar-refractivity contribution in [3.8, 4) is 5.75 Å². The average Bonchev–Trinajstić information content (AvgIpc) is 2.67. The van der Waals surface area contributed by atoms with Gasteiger partial charge in [0.05, 0.1) is 17.7 Å². The van der Waals surface area contributed by atoms with Crippen LogP contribution in [0.2, 0.25) is 0 Å². The van der Waals surface area contributed by atoms with E-state index >= 15 is 0 Å². The number of amides is 1. The zero-order chi connectivity index (χ0) is 21.0. The van der Waals surface area contributed by atoms with Crippen LogP contribution >= 0.6 is 0 Å². The molecule has 2 aromatic carbocycles. The van der Waals surface area contributed by atoms with E-state index in [1.165, 1.54) is 25.3 Å². The predicted octanol–water partition coefficient (Wildman–Crippen LogP) is 4.01. The number of non-ortho nitro benzene ring substituents is 1. The number of nitrogens with one attached hydrogen (secondary N) is 2. The van der Waals surface area contributed by atoms with Crippen LogP contribution in [0.5, 0.6) is 5.75 Å². The van der Waals surface area contributed by atoms with E-state index in [1.807, 2.05) is 19.9 Å². The Morgan fingerprint density at radius 1 is 1.07 bits per heavy atom. The molecule has 3 aromatic rings. The number of benzene rings is 2. The highest BCUT2D eigenvalue weighted by atomic mass is 16.6. The molecular formula is C20H19N5O4. The molecule has 0 saturated heterocycles. The summed E-state index contributed by atoms with van der Waals surface area (Å²) >= 11 is 0. The van der Waals surface area contributed by atoms with Crippen molar-refractivity contribution in [3.05, 3.63) is 75.6 Å². The van der Waals surface area contributed by atoms with Gasteiger partial charge in [0.15, 0.2) is 0 Å². The van der Waals surface area contributed by atoms with E-state index in [-0.39, 0.29) is 11.4 Å². The second kappa shape index (κ2) is 8.34. The molecule has 1 aromatic heterocycles. The SMILES string of the molecule is COc1ccc([N+](=O)[O-])cc1NC(=O)c1cccc(Nc2nc(C)cc(C)n2)c1. The van der Waals surface area contributed by atoms with Gasteiger partial charge in [0.1, 0.15) is 5.75 Å². The van der Waals surface area contributed by atoms with E-state index in [0.29, 0.717) is 22.9 Å². The van der Waals surface area contributed by atoms with Crippen molar-refractivity contribution < 1.29 is 14.5 Å². The van der Waals surface area contributed by atoms with Gasteiger partial charge in [-0.1, -0.05) is 6.07 Å². The minimum Gasteiger partial charge on any atom is -0.495 e. The lowest BCUT2D eigenvalue weighted by Gasteiger charge is -2.11. The lowest BCUT2D eigenvalue weighted by atomic mass is 10.1. The number of nitrogens with zero attached hydrogens (tertiary/aromatic N) is 3. The first-order valence-corrected chi connectivity index (χ1v) is 8.69. The fraction of sp³-hybridized carbons (Fsp3) is 0.150. The van der Waals surface area contributed by atoms with Crippen LogP contribution in [0.4, 0.5) is 23.0 Å². The molecule has 1 amide bonds. The van der Waals surface area contributed by atoms with Gasteiger partial charge in [0.2, 0.25) is 5.95 Å². The summed E-state index contributed by atoms with van der Waals surface area (Å²) in [7, 11) is 1.42. The molecule has 0 bridgehead atoms. The number of carbonyl (C=O) groups excluding carboxylic acids is 1. The molecule has 9 heteroatoms. The van der Waals surface area contributed by atoms with E-state index in [2.05, 4.69) is 20.6 Å². The standard InChI is InChI=1S/C20H19N5O4/c1-12-9-13(2)22-20(21-12)23-15-6-4-5-14(10-15)19(26)24-17-11-16(25(27)28)7-8-18(17)29-3/h4-11H,1-3H3,(H,24,26)(H,21,22,23). The molecule has 0 saturated carbocycles. The molecule has 0 radical (unpaired) electrons. The second-order valence-corrected chi connectivity index (χ2v) is 6.28. The third-order valence-corrected chi connectivity index (χ3v) is 4.01. The third kappa shape index (κ3) is 4.83. The Morgan fingerprint density at radius 3 is 2.45 bits per heavy atom. The number of ether oxygens (including phenoxy) is 1. The van der Waals surface area contributed by atoms with Crippen molar-refractivity contribution in [3.63, 3.8) is 0 Å². The van der Waals surface area contributed by atoms with Crippen molar-refractivity contribution in [1.29, 1.82) is 0 Å². The topological polar surface area (TPSA) is 119 Å². The highest BCUT2D eigenvalue weighted by molar-refractivity contribution is 6.05. The minimum atomic E-state index is -0.538. The van der Waals surface area contributed by atoms with E-state index in [9.17, 15) is 14.9 Å². The summed E-state index contributed by atoms with van der Waals surface area (Å²) in [6.07, 6.45) is 0. The van der Waals surface area contributed by atoms with Gasteiger partial charge in [-0.2, -0.15) is 0 Å². The van der Waals surface area contributed by atoms with Crippen LogP contribution in [0.25, 0.3) is 0 Å². The van der Waals surface area contributed by atoms with Crippen LogP contribution < -0.4 is 15.4 Å². The summed E-state index contributed by atoms with van der Waals surface area (Å²) in [5.41, 5.74) is 2.70. The molecule has 0 unspecified atom stereocenters. The Balaban J connectivity index is 1.83. The summed E-state index contributed by atoms with van der Waals surface area (Å²) in [4.78, 5) is 31.8. The quantitative estimate of drug-likeness (QED) is 0.480. The van der Waals surface area contributed by atoms with Crippen molar-refractivity contribution >= 4 is 28.9 Å². The summed E-state index contributed by atoms with van der Waals surface area (Å²) in [5, 5.41) is 16.7. The number of rotatable bonds is 6. The van der Waals surface area contributed by atoms with Crippen LogP contribution in [-0.2, 0) is 0 Å². The number of carbonyl (C=O) groups is 1. The Labute approximate surface area is 166 Å². The van der Waals surface area contributed by atoms with Gasteiger partial charge in [0, 0.05) is 34.8 Å². The predicted molar refractivity (Wildman–Crippen MR) is 109 cm³/mol. The number of hydrogen-bond donors (Lipinski definition) is 2. The van der Waals surface area contributed by atoms with E-state index in [0.717, 1.165) is 11.4 Å². The molecule has 9 nitrogen and oxygen atoms in total. The van der Waals surface area contributed by atoms with Gasteiger partial charge in [-0.15, -0.1) is 0 Å². The van der Waals surface area contributed by atoms with E-state index in [1.54, 1.807) is 24.3 Å². The fourth-order valence-electron chi connectivity index (χ4n) is 2.75. The highest BCUT2D eigenvalue weighted by Crippen LogP contribution is 2.29. The molecule has 0 fully saturated rings. The second-order valence-electron chi connectivity index (χ2n) is 6.28. The maximum Gasteiger partial charge on any atom is 0.271 e. The number of nitro benzene ring substituents is 1. The average molecular weight is 393 g/mol. The number of aromatic nitrogens is 2. The molecule has 0 spiro atoms. The van der Waals surface area contributed by atoms with Gasteiger partial charge in [-0.05, 0) is 44.2 Å². The van der Waals surface area contributed by atoms with Crippen molar-refractivity contribution in [2.24, 2.45) is 0 Å². The number of anilines is 3. The molecule has 29 heavy (non-hydrogen) atoms. The summed E-state index contributed by atoms with van der Waals surface area (Å²) in [5.74, 6) is 0.316. The Hall–Kier alpha value is -4.01. The molecule has 0 atom stereocenters. The molecule has 0 aliphatic carbocycles. The third-order valence-electron chi connectivity index (χ3n) is 4.01. The van der Waals surface area contributed by atoms with E-state index in [4.69, 9.17) is 4.74 Å². The van der Waals surface area contributed by atoms with Crippen molar-refractivity contribution in [2.75, 3.05) is 17.7 Å². The molecule has 0 aliphatic heterocycles. The van der Waals surface area contributed by atoms with Crippen LogP contribution in [-0.4, -0.2) is 27.9 Å². The zero-order valence-corrected chi connectivity index (χ0v) is 16.1. The monoisotopic (exact) mass is 393 g/mol. The summed E-state index contributed by atoms with van der Waals surface area (Å²) in [6.45, 7) is 3.74. The number of nitro groups is 1. The zero-order valence-electron chi connectivity index (χ0n) is 16.1. The largest absolute Gasteiger partial charge is 0.495 e. The highest BCUT2D eigenvalue weighted by Gasteiger charge is 2.15. The Kier molecular flexibility index (Phi) is 5.68. The van der Waals surface area contributed by atoms with Crippen LogP contribution in [0.1, 0.15) is 21.7 Å². The van der Waals surface area contributed by atoms with Crippen LogP contribution in [0, 0.1) is 24.0 Å². The normalized spacial score (nSPS) is 10.3. The number of methoxy groups -OCH3 is 1.